The number of benzene rings is 2. The van der Waals surface area contributed by atoms with Gasteiger partial charge in [0.1, 0.15) is 5.76 Å². The summed E-state index contributed by atoms with van der Waals surface area (Å²) in [6.07, 6.45) is 6.65. The maximum Gasteiger partial charge on any atom is 0.141 e. The molecule has 1 aliphatic rings. The van der Waals surface area contributed by atoms with Crippen molar-refractivity contribution < 1.29 is 9.26 Å². The molecular weight excluding hydrogens is 426 g/mol. The number of imidazole rings is 1. The molecule has 0 aliphatic carbocycles. The topological polar surface area (TPSA) is 103 Å². The molecule has 1 fully saturated rings. The Morgan fingerprint density at radius 1 is 1.18 bits per heavy atom. The van der Waals surface area contributed by atoms with Crippen molar-refractivity contribution in [3.63, 3.8) is 0 Å². The number of aromatic nitrogens is 3. The third kappa shape index (κ3) is 3.82. The minimum Gasteiger partial charge on any atom is -0.404 e. The summed E-state index contributed by atoms with van der Waals surface area (Å²) in [6, 6.07) is 14.9. The predicted molar refractivity (Wildman–Crippen MR) is 134 cm³/mol. The number of nitrogens with zero attached hydrogens (tertiary/aromatic N) is 3. The van der Waals surface area contributed by atoms with Crippen molar-refractivity contribution in [2.24, 2.45) is 11.7 Å². The van der Waals surface area contributed by atoms with Gasteiger partial charge in [0.05, 0.1) is 29.1 Å². The fourth-order valence-corrected chi connectivity index (χ4v) is 5.17. The number of ether oxygens (including phenoxy) is 1. The maximum atomic E-state index is 7.94. The lowest BCUT2D eigenvalue weighted by atomic mass is 9.86. The summed E-state index contributed by atoms with van der Waals surface area (Å²) in [5.74, 6) is 1.18. The van der Waals surface area contributed by atoms with Crippen molar-refractivity contribution in [3.8, 4) is 11.1 Å². The average Bonchev–Trinajstić information content (AvgIpc) is 3.44. The highest BCUT2D eigenvalue weighted by molar-refractivity contribution is 6.13. The molecule has 1 saturated heterocycles. The smallest absolute Gasteiger partial charge is 0.141 e. The largest absolute Gasteiger partial charge is 0.404 e. The average molecular weight is 456 g/mol. The van der Waals surface area contributed by atoms with Crippen LogP contribution in [0.3, 0.4) is 0 Å². The summed E-state index contributed by atoms with van der Waals surface area (Å²) in [5, 5.41) is 12.1. The number of hydrogen-bond donors (Lipinski definition) is 2. The SMILES string of the molecule is Cc1noc(C)c1-c1cc(/C(C=N)=C/N)c2ncn(C(c3ccccc3)C3CCOCC3)c2c1. The van der Waals surface area contributed by atoms with Crippen LogP contribution < -0.4 is 5.73 Å². The lowest BCUT2D eigenvalue weighted by Gasteiger charge is -2.32. The van der Waals surface area contributed by atoms with Crippen LogP contribution in [0.4, 0.5) is 0 Å². The highest BCUT2D eigenvalue weighted by atomic mass is 16.5. The Morgan fingerprint density at radius 2 is 1.94 bits per heavy atom. The lowest BCUT2D eigenvalue weighted by Crippen LogP contribution is -2.26. The zero-order chi connectivity index (χ0) is 23.7. The molecule has 2 aromatic heterocycles. The third-order valence-electron chi connectivity index (χ3n) is 6.80. The van der Waals surface area contributed by atoms with Crippen LogP contribution in [0.1, 0.15) is 41.5 Å². The van der Waals surface area contributed by atoms with E-state index in [1.54, 1.807) is 0 Å². The van der Waals surface area contributed by atoms with E-state index in [9.17, 15) is 0 Å². The quantitative estimate of drug-likeness (QED) is 0.385. The molecule has 0 saturated carbocycles. The first-order valence-corrected chi connectivity index (χ1v) is 11.6. The van der Waals surface area contributed by atoms with Gasteiger partial charge in [-0.1, -0.05) is 35.5 Å². The van der Waals surface area contributed by atoms with Gasteiger partial charge in [0.15, 0.2) is 0 Å². The zero-order valence-electron chi connectivity index (χ0n) is 19.5. The minimum atomic E-state index is 0.119. The van der Waals surface area contributed by atoms with Gasteiger partial charge in [-0.3, -0.25) is 0 Å². The number of rotatable bonds is 6. The number of nitrogens with two attached hydrogens (primary N) is 1. The van der Waals surface area contributed by atoms with Crippen LogP contribution >= 0.6 is 0 Å². The van der Waals surface area contributed by atoms with Crippen LogP contribution in [-0.4, -0.2) is 34.1 Å². The fourth-order valence-electron chi connectivity index (χ4n) is 5.17. The van der Waals surface area contributed by atoms with Crippen molar-refractivity contribution in [2.45, 2.75) is 32.7 Å². The molecule has 3 heterocycles. The molecule has 0 amide bonds. The van der Waals surface area contributed by atoms with Crippen LogP contribution in [0.2, 0.25) is 0 Å². The van der Waals surface area contributed by atoms with E-state index in [0.29, 0.717) is 11.5 Å². The predicted octanol–water partition coefficient (Wildman–Crippen LogP) is 5.27. The first-order chi connectivity index (χ1) is 16.6. The van der Waals surface area contributed by atoms with E-state index in [2.05, 4.69) is 40.1 Å². The Kier molecular flexibility index (Phi) is 6.02. The third-order valence-corrected chi connectivity index (χ3v) is 6.80. The summed E-state index contributed by atoms with van der Waals surface area (Å²) in [4.78, 5) is 4.84. The number of nitrogens with one attached hydrogen (secondary N) is 1. The number of fused-ring (bicyclic) bond motifs is 1. The van der Waals surface area contributed by atoms with Crippen molar-refractivity contribution in [3.05, 3.63) is 77.6 Å². The van der Waals surface area contributed by atoms with E-state index in [4.69, 9.17) is 25.4 Å². The Hall–Kier alpha value is -3.71. The van der Waals surface area contributed by atoms with E-state index in [1.807, 2.05) is 32.3 Å². The second-order valence-electron chi connectivity index (χ2n) is 8.81. The van der Waals surface area contributed by atoms with Gasteiger partial charge < -0.3 is 25.0 Å². The van der Waals surface area contributed by atoms with Gasteiger partial charge in [-0.2, -0.15) is 0 Å². The van der Waals surface area contributed by atoms with Crippen LogP contribution in [0.5, 0.6) is 0 Å². The number of allylic oxidation sites excluding steroid dienone is 1. The molecule has 5 rings (SSSR count). The van der Waals surface area contributed by atoms with Gasteiger partial charge in [-0.05, 0) is 55.9 Å². The molecule has 1 unspecified atom stereocenters. The summed E-state index contributed by atoms with van der Waals surface area (Å²) < 4.78 is 13.4. The molecule has 0 radical (unpaired) electrons. The second-order valence-corrected chi connectivity index (χ2v) is 8.81. The Labute approximate surface area is 198 Å². The molecule has 4 aromatic rings. The number of hydrogen-bond acceptors (Lipinski definition) is 6. The molecule has 0 bridgehead atoms. The van der Waals surface area contributed by atoms with E-state index in [-0.39, 0.29) is 6.04 Å². The fraction of sp³-hybridized carbons (Fsp3) is 0.296. The van der Waals surface area contributed by atoms with Crippen molar-refractivity contribution in [2.75, 3.05) is 13.2 Å². The monoisotopic (exact) mass is 455 g/mol. The van der Waals surface area contributed by atoms with Gasteiger partial charge in [-0.15, -0.1) is 0 Å². The maximum absolute atomic E-state index is 7.94. The highest BCUT2D eigenvalue weighted by Crippen LogP contribution is 2.39. The van der Waals surface area contributed by atoms with E-state index in [0.717, 1.165) is 65.2 Å². The molecule has 34 heavy (non-hydrogen) atoms. The summed E-state index contributed by atoms with van der Waals surface area (Å²) in [6.45, 7) is 5.40. The van der Waals surface area contributed by atoms with Gasteiger partial charge in [-0.25, -0.2) is 4.98 Å². The lowest BCUT2D eigenvalue weighted by molar-refractivity contribution is 0.0547. The first kappa shape index (κ1) is 22.1. The van der Waals surface area contributed by atoms with Crippen molar-refractivity contribution in [1.82, 2.24) is 14.7 Å². The summed E-state index contributed by atoms with van der Waals surface area (Å²) in [7, 11) is 0. The van der Waals surface area contributed by atoms with Crippen molar-refractivity contribution >= 4 is 22.8 Å². The first-order valence-electron chi connectivity index (χ1n) is 11.6. The molecule has 7 heteroatoms. The highest BCUT2D eigenvalue weighted by Gasteiger charge is 2.29. The molecule has 2 aromatic carbocycles. The van der Waals surface area contributed by atoms with E-state index < -0.39 is 0 Å². The van der Waals surface area contributed by atoms with Gasteiger partial charge in [0, 0.05) is 42.3 Å². The normalized spacial score (nSPS) is 16.1. The molecular formula is C27H29N5O2. The van der Waals surface area contributed by atoms with Crippen molar-refractivity contribution in [1.29, 1.82) is 5.41 Å². The molecule has 1 aliphatic heterocycles. The van der Waals surface area contributed by atoms with Crippen LogP contribution in [0, 0.1) is 25.2 Å². The molecule has 7 nitrogen and oxygen atoms in total. The van der Waals surface area contributed by atoms with Crippen LogP contribution in [0.15, 0.2) is 59.5 Å². The Morgan fingerprint density at radius 3 is 2.59 bits per heavy atom. The zero-order valence-corrected chi connectivity index (χ0v) is 19.5. The van der Waals surface area contributed by atoms with E-state index >= 15 is 0 Å². The van der Waals surface area contributed by atoms with Crippen LogP contribution in [0.25, 0.3) is 27.7 Å². The molecule has 174 valence electrons. The Bertz CT molecular complexity index is 1330. The van der Waals surface area contributed by atoms with Gasteiger partial charge in [0.25, 0.3) is 0 Å². The molecule has 0 spiro atoms. The molecule has 1 atom stereocenters. The minimum absolute atomic E-state index is 0.119. The van der Waals surface area contributed by atoms with E-state index in [1.165, 1.54) is 18.0 Å². The Balaban J connectivity index is 1.78. The standard InChI is InChI=1S/C27H29N5O2/c1-17-25(18(2)34-31-17)21-12-23(22(14-28)15-29)26-24(13-21)32(16-30-26)27(19-6-4-3-5-7-19)20-8-10-33-11-9-20/h3-7,12-16,20,27-28H,8-11,29H2,1-2H3/b22-15+,28-14?. The summed E-state index contributed by atoms with van der Waals surface area (Å²) >= 11 is 0. The van der Waals surface area contributed by atoms with Crippen LogP contribution in [-0.2, 0) is 4.74 Å². The van der Waals surface area contributed by atoms with Gasteiger partial charge in [0.2, 0.25) is 0 Å². The number of aryl methyl sites for hydroxylation is 2. The van der Waals surface area contributed by atoms with Gasteiger partial charge >= 0.3 is 0 Å². The second kappa shape index (κ2) is 9.27. The molecule has 3 N–H and O–H groups in total. The summed E-state index contributed by atoms with van der Waals surface area (Å²) in [5.41, 5.74) is 13.2.